The summed E-state index contributed by atoms with van der Waals surface area (Å²) in [6, 6.07) is -21.8. The maximum absolute atomic E-state index is 15.1. The lowest BCUT2D eigenvalue weighted by Crippen LogP contribution is -2.61. The number of guanidine groups is 2. The lowest BCUT2D eigenvalue weighted by molar-refractivity contribution is -0.142. The third kappa shape index (κ3) is 41.0. The largest absolute Gasteiger partial charge is 0.481 e. The smallest absolute Gasteiger partial charge is 0.325 e. The third-order valence-electron chi connectivity index (χ3n) is 23.1. The molecule has 1 aromatic carbocycles. The molecule has 3 heterocycles. The first-order chi connectivity index (χ1) is 66.6. The van der Waals surface area contributed by atoms with Crippen LogP contribution in [-0.2, 0) is 112 Å². The highest BCUT2D eigenvalue weighted by Gasteiger charge is 2.42. The number of nitrogens with one attached hydrogen (secondary N) is 23. The Balaban J connectivity index is 1.89. The van der Waals surface area contributed by atoms with Crippen molar-refractivity contribution in [3.8, 4) is 0 Å². The first-order valence-corrected chi connectivity index (χ1v) is 47.1. The Labute approximate surface area is 821 Å². The standard InChI is InChI=1S/C90H143N27O25/c1-15-44(6)69-86(139)111-60(31-33-68(122)123)76(129)99-41-67(121)117-36-22-29-65(117)85(138)116-70(51(13)118)87(140)114-63(38-43(4)5)83(136)109-59(28-21-35-97-90(94)95)80(133)110-61(30-32-66(91)120)81(134)113-64(39-53-40-98-55-24-17-16-23-54(53)55)84(137)112-62(37-42(2)3)82(135)104-46(8)71(124)101-47(9)73(126)108-58(27-20-34-96-89(92)93)78(131)102-48(10)74(127)107-57(79(132)105-50(12)88(141)142)26-19-18-25-56(77(130)103-49(11)75(128)115-69)106-72(125)45(7)100-52(14)119/h16-19,23-24,40,42-51,56-65,69-70,98,118H,15,20-22,25-39,41H2,1-14H3,(H2,91,120)(H,99,129)(H,100,119)(H,101,124)(H,102,131)(H,103,130)(H,104,135)(H,105,132)(H,106,125)(H,107,127)(H,108,126)(H,109,136)(H,110,133)(H,111,139)(H,112,137)(H,113,134)(H,114,140)(H,115,128)(H,116,138)(H,122,123)(H,141,142)(H4,92,93,96)(H4,94,95,97)/t44?,45-,46-,47?,48?,49-,50-,51+,56?,57-,58-,59-,60-,61-,62?,63-,64-,65-,69-,70?/m0/s1. The monoisotopic (exact) mass is 2000 g/mol. The fraction of sp³-hybridized carbons (Fsp3) is 0.622. The minimum Gasteiger partial charge on any atom is -0.481 e. The number of rotatable bonds is 29. The lowest BCUT2D eigenvalue weighted by atomic mass is 9.97. The van der Waals surface area contributed by atoms with Gasteiger partial charge in [0.2, 0.25) is 118 Å². The predicted molar refractivity (Wildman–Crippen MR) is 512 cm³/mol. The molecule has 1 aromatic heterocycles. The number of carbonyl (C=O) groups excluding carboxylic acids is 20. The highest BCUT2D eigenvalue weighted by molar-refractivity contribution is 6.03. The number of carboxylic acids is 2. The number of nitrogens with zero attached hydrogens (tertiary/aromatic N) is 1. The Morgan fingerprint density at radius 3 is 1.46 bits per heavy atom. The summed E-state index contributed by atoms with van der Waals surface area (Å²) in [7, 11) is 0. The molecule has 52 heteroatoms. The summed E-state index contributed by atoms with van der Waals surface area (Å²) >= 11 is 0. The van der Waals surface area contributed by atoms with Crippen LogP contribution >= 0.6 is 0 Å². The van der Waals surface area contributed by atoms with Crippen LogP contribution < -0.4 is 124 Å². The van der Waals surface area contributed by atoms with Gasteiger partial charge < -0.3 is 149 Å². The molecule has 0 saturated carbocycles. The molecule has 2 aromatic rings. The molecule has 142 heavy (non-hydrogen) atoms. The van der Waals surface area contributed by atoms with E-state index in [0.29, 0.717) is 16.5 Å². The van der Waals surface area contributed by atoms with Crippen LogP contribution in [0.1, 0.15) is 199 Å². The molecule has 2 aliphatic heterocycles. The second-order valence-corrected chi connectivity index (χ2v) is 36.2. The van der Waals surface area contributed by atoms with Crippen molar-refractivity contribution in [1.82, 2.24) is 116 Å². The number of aliphatic hydroxyl groups excluding tert-OH is 1. The topological polar surface area (TPSA) is 822 Å². The van der Waals surface area contributed by atoms with E-state index in [2.05, 4.69) is 111 Å². The van der Waals surface area contributed by atoms with Crippen LogP contribution in [0.5, 0.6) is 0 Å². The predicted octanol–water partition coefficient (Wildman–Crippen LogP) is -7.19. The average Bonchev–Trinajstić information content (AvgIpc) is 1.67. The molecular formula is C90H143N27O25. The number of primary amides is 1. The number of aliphatic hydroxyl groups is 1. The van der Waals surface area contributed by atoms with Gasteiger partial charge in [-0.3, -0.25) is 116 Å². The first-order valence-electron chi connectivity index (χ1n) is 47.1. The Kier molecular flexibility index (Phi) is 49.8. The number of benzene rings is 1. The number of aliphatic carboxylic acids is 2. The SMILES string of the molecule is CCC(C)[C@@H]1NC(=O)[C@H](C)NC(=O)C(NC(=O)[C@H](C)NC(C)=O)CC=CC[C@@H](C(=O)N[C@@H](C)C(=O)O)NC(=O)C(C)NC(=O)[C@H](CCCNC(=N)N)NC(=O)C(C)NC(=O)[C@H](C)NC(=O)C(CC(C)C)NC(=O)[C@H](Cc2c[nH]c3ccccc23)NC(=O)[C@H](CCC(N)=O)NC(=O)[C@H](CCCNC(=N)N)NC(=O)[C@H](CC(C)C)NC(=O)C([C@@H](C)O)NC(=O)[C@@H]2CCCN2C(=O)CNC(=O)[C@H](CCC(=O)O)NC1=O. The summed E-state index contributed by atoms with van der Waals surface area (Å²) in [6.07, 6.45) is -2.01. The van der Waals surface area contributed by atoms with E-state index in [1.807, 2.05) is 0 Å². The van der Waals surface area contributed by atoms with E-state index in [9.17, 15) is 111 Å². The van der Waals surface area contributed by atoms with Gasteiger partial charge in [-0.2, -0.15) is 0 Å². The molecule has 1 saturated heterocycles. The highest BCUT2D eigenvalue weighted by Crippen LogP contribution is 2.23. The van der Waals surface area contributed by atoms with Gasteiger partial charge in [0.25, 0.3) is 0 Å². The van der Waals surface area contributed by atoms with E-state index in [4.69, 9.17) is 28.0 Å². The Bertz CT molecular complexity index is 4870. The molecule has 4 rings (SSSR count). The highest BCUT2D eigenvalue weighted by atomic mass is 16.4. The fourth-order valence-corrected chi connectivity index (χ4v) is 14.9. The number of aromatic nitrogens is 1. The van der Waals surface area contributed by atoms with E-state index in [-0.39, 0.29) is 89.8 Å². The quantitative estimate of drug-likeness (QED) is 0.0156. The molecule has 0 radical (unpaired) electrons. The molecule has 20 amide bonds. The van der Waals surface area contributed by atoms with Crippen molar-refractivity contribution >= 4 is 153 Å². The van der Waals surface area contributed by atoms with Crippen molar-refractivity contribution in [2.75, 3.05) is 26.2 Å². The van der Waals surface area contributed by atoms with Gasteiger partial charge in [0, 0.05) is 62.9 Å². The summed E-state index contributed by atoms with van der Waals surface area (Å²) in [6.45, 7) is 18.2. The number of carboxylic acid groups (broad SMARTS) is 2. The molecule has 0 aliphatic carbocycles. The molecule has 0 bridgehead atoms. The molecule has 1 fully saturated rings. The molecule has 32 N–H and O–H groups in total. The number of para-hydroxylation sites is 1. The number of carbonyl (C=O) groups is 22. The van der Waals surface area contributed by atoms with E-state index < -0.39 is 314 Å². The summed E-state index contributed by atoms with van der Waals surface area (Å²) in [5, 5.41) is 96.5. The van der Waals surface area contributed by atoms with Gasteiger partial charge in [0.15, 0.2) is 11.9 Å². The van der Waals surface area contributed by atoms with Crippen LogP contribution in [0, 0.1) is 28.6 Å². The first kappa shape index (κ1) is 120. The number of aromatic amines is 1. The molecule has 52 nitrogen and oxygen atoms in total. The van der Waals surface area contributed by atoms with Gasteiger partial charge in [-0.05, 0) is 155 Å². The van der Waals surface area contributed by atoms with Crippen LogP contribution in [0.3, 0.4) is 0 Å². The summed E-state index contributed by atoms with van der Waals surface area (Å²) in [5.41, 5.74) is 17.8. The van der Waals surface area contributed by atoms with E-state index in [1.165, 1.54) is 53.7 Å². The van der Waals surface area contributed by atoms with Crippen molar-refractivity contribution in [2.45, 2.75) is 315 Å². The number of hydrogen-bond donors (Lipinski definition) is 29. The Morgan fingerprint density at radius 1 is 0.493 bits per heavy atom. The third-order valence-corrected chi connectivity index (χ3v) is 23.1. The van der Waals surface area contributed by atoms with Crippen molar-refractivity contribution in [2.24, 2.45) is 35.0 Å². The second kappa shape index (κ2) is 59.0. The molecule has 2 aliphatic rings. The summed E-state index contributed by atoms with van der Waals surface area (Å²) in [5.74, 6) is -25.7. The van der Waals surface area contributed by atoms with Crippen LogP contribution in [0.25, 0.3) is 10.9 Å². The average molecular weight is 2000 g/mol. The summed E-state index contributed by atoms with van der Waals surface area (Å²) < 4.78 is 0. The molecule has 20 atom stereocenters. The minimum absolute atomic E-state index is 0.0127. The summed E-state index contributed by atoms with van der Waals surface area (Å²) in [4.78, 5) is 312. The zero-order valence-corrected chi connectivity index (χ0v) is 82.4. The Hall–Kier alpha value is -14.7. The van der Waals surface area contributed by atoms with E-state index in [0.717, 1.165) is 25.7 Å². The normalized spacial score (nSPS) is 25.2. The second-order valence-electron chi connectivity index (χ2n) is 36.2. The molecular weight excluding hydrogens is 1860 g/mol. The van der Waals surface area contributed by atoms with Gasteiger partial charge in [0.1, 0.15) is 109 Å². The Morgan fingerprint density at radius 2 is 0.930 bits per heavy atom. The lowest BCUT2D eigenvalue weighted by Gasteiger charge is -2.30. The number of nitrogens with two attached hydrogens (primary N) is 3. The number of H-pyrrole nitrogens is 1. The van der Waals surface area contributed by atoms with E-state index >= 15 is 9.59 Å². The maximum atomic E-state index is 15.1. The maximum Gasteiger partial charge on any atom is 0.325 e. The van der Waals surface area contributed by atoms with Gasteiger partial charge in [-0.25, -0.2) is 0 Å². The van der Waals surface area contributed by atoms with Crippen molar-refractivity contribution in [3.63, 3.8) is 0 Å². The number of amides is 20. The van der Waals surface area contributed by atoms with Gasteiger partial charge in [-0.15, -0.1) is 0 Å². The molecule has 0 spiro atoms. The van der Waals surface area contributed by atoms with Crippen molar-refractivity contribution in [3.05, 3.63) is 48.2 Å². The fourth-order valence-electron chi connectivity index (χ4n) is 14.9. The van der Waals surface area contributed by atoms with Crippen LogP contribution in [0.2, 0.25) is 0 Å². The van der Waals surface area contributed by atoms with Gasteiger partial charge in [-0.1, -0.05) is 78.3 Å². The molecule has 6 unspecified atom stereocenters. The van der Waals surface area contributed by atoms with Gasteiger partial charge in [0.05, 0.1) is 12.6 Å². The van der Waals surface area contributed by atoms with Crippen LogP contribution in [-0.4, -0.2) is 308 Å². The number of fused-ring (bicyclic) bond motifs is 2. The van der Waals surface area contributed by atoms with E-state index in [1.54, 1.807) is 65.1 Å². The van der Waals surface area contributed by atoms with Gasteiger partial charge >= 0.3 is 11.9 Å². The zero-order chi connectivity index (χ0) is 107. The van der Waals surface area contributed by atoms with Crippen LogP contribution in [0.15, 0.2) is 42.6 Å². The minimum atomic E-state index is -1.87. The number of hydrogen-bond acceptors (Lipinski definition) is 25. The van der Waals surface area contributed by atoms with Crippen molar-refractivity contribution < 1.29 is 121 Å². The van der Waals surface area contributed by atoms with Crippen LogP contribution in [0.4, 0.5) is 0 Å². The molecule has 788 valence electrons. The van der Waals surface area contributed by atoms with Crippen molar-refractivity contribution in [1.29, 1.82) is 10.8 Å². The zero-order valence-electron chi connectivity index (χ0n) is 82.4.